The molecule has 14 N–H and O–H groups in total. The average molecular weight is 1180 g/mol. The molecule has 0 spiro atoms. The summed E-state index contributed by atoms with van der Waals surface area (Å²) in [4.78, 5) is 153. The van der Waals surface area contributed by atoms with Gasteiger partial charge in [-0.2, -0.15) is 0 Å². The largest absolute Gasteiger partial charge is 0.481 e. The number of aromatic nitrogens is 1. The standard InChI is InChI=1S/C61H84N10O14/c1-9-35(7)51(59(82)68-47(31-49(74)75)58(81)71-52(36(8)10-2)60(83)69-50(34(5)6)61(84)85)70-54(77)43(25-26-48(72)73)64-56(79)45(29-38-21-15-12-16-22-38)66-57(80)46(30-39-32-63-42-24-18-17-23-40(39)42)67-55(78)44(27-33(3)4)65-53(76)41(62)28-37-19-13-11-14-20-37/h11-24,32-36,41,43-47,50-52,63H,9-10,25-31,62H2,1-8H3,(H,64,79)(H,65,76)(H,66,80)(H,67,78)(H,68,82)(H,69,83)(H,70,77)(H,71,81)(H,72,73)(H,74,75)(H,84,85). The van der Waals surface area contributed by atoms with Gasteiger partial charge in [-0.25, -0.2) is 4.79 Å². The second-order valence-electron chi connectivity index (χ2n) is 22.3. The van der Waals surface area contributed by atoms with Crippen molar-refractivity contribution < 1.29 is 68.1 Å². The van der Waals surface area contributed by atoms with E-state index in [0.717, 1.165) is 16.5 Å². The lowest BCUT2D eigenvalue weighted by atomic mass is 9.95. The van der Waals surface area contributed by atoms with E-state index in [1.54, 1.807) is 84.1 Å². The van der Waals surface area contributed by atoms with Gasteiger partial charge in [0.25, 0.3) is 0 Å². The van der Waals surface area contributed by atoms with Crippen LogP contribution >= 0.6 is 0 Å². The number of carbonyl (C=O) groups is 11. The van der Waals surface area contributed by atoms with Crippen molar-refractivity contribution in [2.75, 3.05) is 0 Å². The molecule has 24 nitrogen and oxygen atoms in total. The molecule has 0 radical (unpaired) electrons. The van der Waals surface area contributed by atoms with Crippen LogP contribution in [0.2, 0.25) is 0 Å². The second-order valence-corrected chi connectivity index (χ2v) is 22.3. The first-order chi connectivity index (χ1) is 40.2. The van der Waals surface area contributed by atoms with Crippen LogP contribution in [0.3, 0.4) is 0 Å². The van der Waals surface area contributed by atoms with Crippen LogP contribution < -0.4 is 48.3 Å². The van der Waals surface area contributed by atoms with Crippen molar-refractivity contribution >= 4 is 76.1 Å². The van der Waals surface area contributed by atoms with Crippen LogP contribution in [0.15, 0.2) is 91.1 Å². The van der Waals surface area contributed by atoms with Crippen LogP contribution in [0.25, 0.3) is 10.9 Å². The number of aliphatic carboxylic acids is 3. The number of rotatable bonds is 35. The molecule has 0 saturated heterocycles. The lowest BCUT2D eigenvalue weighted by Crippen LogP contribution is -2.62. The molecule has 462 valence electrons. The third-order valence-corrected chi connectivity index (χ3v) is 14.7. The molecule has 0 aliphatic heterocycles. The minimum atomic E-state index is -1.84. The summed E-state index contributed by atoms with van der Waals surface area (Å²) in [5.74, 6) is -13.4. The first kappa shape index (κ1) is 68.8. The fraction of sp³-hybridized carbons (Fsp3) is 0.492. The quantitative estimate of drug-likeness (QED) is 0.0315. The fourth-order valence-corrected chi connectivity index (χ4v) is 9.40. The highest BCUT2D eigenvalue weighted by atomic mass is 16.4. The number of amides is 8. The number of hydrogen-bond acceptors (Lipinski definition) is 12. The third-order valence-electron chi connectivity index (χ3n) is 14.7. The lowest BCUT2D eigenvalue weighted by molar-refractivity contribution is -0.144. The van der Waals surface area contributed by atoms with Gasteiger partial charge in [0.2, 0.25) is 47.3 Å². The van der Waals surface area contributed by atoms with E-state index in [1.165, 1.54) is 0 Å². The Bertz CT molecular complexity index is 2940. The summed E-state index contributed by atoms with van der Waals surface area (Å²) in [6.45, 7) is 13.4. The summed E-state index contributed by atoms with van der Waals surface area (Å²) in [7, 11) is 0. The number of carbonyl (C=O) groups excluding carboxylic acids is 8. The zero-order valence-corrected chi connectivity index (χ0v) is 49.4. The van der Waals surface area contributed by atoms with Crippen LogP contribution in [0.4, 0.5) is 0 Å². The van der Waals surface area contributed by atoms with E-state index in [9.17, 15) is 68.1 Å². The number of nitrogens with two attached hydrogens (primary N) is 1. The Morgan fingerprint density at radius 2 is 0.906 bits per heavy atom. The van der Waals surface area contributed by atoms with Gasteiger partial charge >= 0.3 is 17.9 Å². The van der Waals surface area contributed by atoms with Crippen LogP contribution in [-0.2, 0) is 72.0 Å². The van der Waals surface area contributed by atoms with Crippen molar-refractivity contribution in [1.29, 1.82) is 0 Å². The van der Waals surface area contributed by atoms with Crippen molar-refractivity contribution in [3.05, 3.63) is 108 Å². The van der Waals surface area contributed by atoms with Crippen LogP contribution in [0, 0.1) is 23.7 Å². The van der Waals surface area contributed by atoms with Gasteiger partial charge in [-0.05, 0) is 65.7 Å². The van der Waals surface area contributed by atoms with Crippen LogP contribution in [0.1, 0.15) is 111 Å². The minimum absolute atomic E-state index is 0.117. The molecule has 0 fully saturated rings. The van der Waals surface area contributed by atoms with Crippen LogP contribution in [0.5, 0.6) is 0 Å². The molecule has 3 aromatic carbocycles. The molecule has 0 aliphatic carbocycles. The number of hydrogen-bond donors (Lipinski definition) is 13. The van der Waals surface area contributed by atoms with Gasteiger partial charge in [0.05, 0.1) is 12.5 Å². The summed E-state index contributed by atoms with van der Waals surface area (Å²) in [6, 6.07) is 12.0. The molecular formula is C61H84N10O14. The highest BCUT2D eigenvalue weighted by Gasteiger charge is 2.38. The fourth-order valence-electron chi connectivity index (χ4n) is 9.40. The first-order valence-corrected chi connectivity index (χ1v) is 28.7. The predicted octanol–water partition coefficient (Wildman–Crippen LogP) is 2.62. The molecule has 11 unspecified atom stereocenters. The summed E-state index contributed by atoms with van der Waals surface area (Å²) in [6.07, 6.45) is 0.0430. The Balaban J connectivity index is 1.66. The topological polar surface area (TPSA) is 387 Å². The highest BCUT2D eigenvalue weighted by Crippen LogP contribution is 2.21. The van der Waals surface area contributed by atoms with Gasteiger partial charge in [0.1, 0.15) is 48.3 Å². The molecule has 8 amide bonds. The van der Waals surface area contributed by atoms with Gasteiger partial charge in [-0.1, -0.05) is 147 Å². The van der Waals surface area contributed by atoms with E-state index in [0.29, 0.717) is 17.5 Å². The Hall–Kier alpha value is -8.67. The molecule has 0 aliphatic rings. The van der Waals surface area contributed by atoms with Crippen molar-refractivity contribution in [2.45, 2.75) is 168 Å². The number of benzene rings is 3. The Morgan fingerprint density at radius 1 is 0.471 bits per heavy atom. The number of H-pyrrole nitrogens is 1. The Morgan fingerprint density at radius 3 is 1.41 bits per heavy atom. The smallest absolute Gasteiger partial charge is 0.326 e. The van der Waals surface area contributed by atoms with E-state index < -0.39 is 157 Å². The SMILES string of the molecule is CCC(C)C(NC(=O)C(CCC(=O)O)NC(=O)C(Cc1ccccc1)NC(=O)C(Cc1c[nH]c2ccccc12)NC(=O)C(CC(C)C)NC(=O)C(N)Cc1ccccc1)C(=O)NC(CC(=O)O)C(=O)NC(C(=O)NC(C(=O)O)C(C)C)C(C)CC. The summed E-state index contributed by atoms with van der Waals surface area (Å²) in [5, 5.41) is 50.9. The Kier molecular flexibility index (Phi) is 27.2. The van der Waals surface area contributed by atoms with Crippen molar-refractivity contribution in [2.24, 2.45) is 29.4 Å². The lowest BCUT2D eigenvalue weighted by Gasteiger charge is -2.30. The van der Waals surface area contributed by atoms with Crippen LogP contribution in [-0.4, -0.2) is 140 Å². The monoisotopic (exact) mass is 1180 g/mol. The van der Waals surface area contributed by atoms with E-state index in [4.69, 9.17) is 5.73 Å². The minimum Gasteiger partial charge on any atom is -0.481 e. The number of nitrogens with one attached hydrogen (secondary N) is 9. The molecule has 4 rings (SSSR count). The molecule has 85 heavy (non-hydrogen) atoms. The number of para-hydroxylation sites is 1. The normalized spacial score (nSPS) is 15.2. The third kappa shape index (κ3) is 21.8. The summed E-state index contributed by atoms with van der Waals surface area (Å²) < 4.78 is 0. The predicted molar refractivity (Wildman–Crippen MR) is 316 cm³/mol. The maximum absolute atomic E-state index is 14.9. The van der Waals surface area contributed by atoms with E-state index in [2.05, 4.69) is 47.5 Å². The molecule has 1 heterocycles. The number of carboxylic acid groups (broad SMARTS) is 3. The van der Waals surface area contributed by atoms with E-state index >= 15 is 0 Å². The van der Waals surface area contributed by atoms with Crippen molar-refractivity contribution in [3.8, 4) is 0 Å². The highest BCUT2D eigenvalue weighted by molar-refractivity contribution is 5.99. The van der Waals surface area contributed by atoms with Gasteiger partial charge in [-0.15, -0.1) is 0 Å². The van der Waals surface area contributed by atoms with Gasteiger partial charge in [0, 0.05) is 36.4 Å². The summed E-state index contributed by atoms with van der Waals surface area (Å²) in [5.41, 5.74) is 9.03. The second kappa shape index (κ2) is 33.6. The molecule has 0 bridgehead atoms. The van der Waals surface area contributed by atoms with Gasteiger partial charge in [-0.3, -0.25) is 47.9 Å². The maximum Gasteiger partial charge on any atom is 0.326 e. The number of carboxylic acids is 3. The molecule has 0 saturated carbocycles. The Labute approximate surface area is 494 Å². The van der Waals surface area contributed by atoms with Gasteiger partial charge < -0.3 is 68.6 Å². The average Bonchev–Trinajstić information content (AvgIpc) is 4.01. The van der Waals surface area contributed by atoms with E-state index in [-0.39, 0.29) is 38.0 Å². The van der Waals surface area contributed by atoms with Gasteiger partial charge in [0.15, 0.2) is 0 Å². The first-order valence-electron chi connectivity index (χ1n) is 28.7. The van der Waals surface area contributed by atoms with Crippen molar-refractivity contribution in [3.63, 3.8) is 0 Å². The molecule has 24 heteroatoms. The maximum atomic E-state index is 14.9. The number of fused-ring (bicyclic) bond motifs is 1. The van der Waals surface area contributed by atoms with Crippen molar-refractivity contribution in [1.82, 2.24) is 47.5 Å². The number of aromatic amines is 1. The molecule has 4 aromatic rings. The summed E-state index contributed by atoms with van der Waals surface area (Å²) >= 11 is 0. The molecule has 11 atom stereocenters. The van der Waals surface area contributed by atoms with E-state index in [1.807, 2.05) is 62.4 Å². The molecule has 1 aromatic heterocycles. The molecular weight excluding hydrogens is 1100 g/mol. The zero-order chi connectivity index (χ0) is 63.1. The zero-order valence-electron chi connectivity index (χ0n) is 49.4.